The van der Waals surface area contributed by atoms with Gasteiger partial charge in [-0.2, -0.15) is 0 Å². The Bertz CT molecular complexity index is 706. The van der Waals surface area contributed by atoms with Crippen molar-refractivity contribution in [3.63, 3.8) is 0 Å². The van der Waals surface area contributed by atoms with Gasteiger partial charge in [0.15, 0.2) is 0 Å². The molecule has 0 bridgehead atoms. The van der Waals surface area contributed by atoms with Gasteiger partial charge in [-0.05, 0) is 58.7 Å². The zero-order valence-corrected chi connectivity index (χ0v) is 13.7. The van der Waals surface area contributed by atoms with Crippen LogP contribution < -0.4 is 10.1 Å². The topological polar surface area (TPSA) is 38.3 Å². The third-order valence-corrected chi connectivity index (χ3v) is 3.76. The quantitative estimate of drug-likeness (QED) is 0.839. The van der Waals surface area contributed by atoms with Crippen molar-refractivity contribution in [2.75, 3.05) is 12.4 Å². The van der Waals surface area contributed by atoms with Crippen LogP contribution in [0.5, 0.6) is 5.75 Å². The first-order chi connectivity index (χ1) is 9.92. The molecular formula is C15H12BrClFNO2. The summed E-state index contributed by atoms with van der Waals surface area (Å²) in [5.41, 5.74) is 1.44. The van der Waals surface area contributed by atoms with E-state index in [1.54, 1.807) is 19.1 Å². The van der Waals surface area contributed by atoms with E-state index in [-0.39, 0.29) is 16.2 Å². The number of carbonyl (C=O) groups is 1. The molecule has 0 spiro atoms. The summed E-state index contributed by atoms with van der Waals surface area (Å²) < 4.78 is 18.8. The lowest BCUT2D eigenvalue weighted by molar-refractivity contribution is 0.102. The predicted octanol–water partition coefficient (Wildman–Crippen LogP) is 4.81. The van der Waals surface area contributed by atoms with Gasteiger partial charge in [0, 0.05) is 10.7 Å². The molecule has 0 fully saturated rings. The Morgan fingerprint density at radius 2 is 2.05 bits per heavy atom. The monoisotopic (exact) mass is 371 g/mol. The minimum absolute atomic E-state index is 0.279. The van der Waals surface area contributed by atoms with E-state index < -0.39 is 0 Å². The van der Waals surface area contributed by atoms with Crippen LogP contribution in [0.3, 0.4) is 0 Å². The molecule has 110 valence electrons. The number of ether oxygens (including phenoxy) is 1. The van der Waals surface area contributed by atoms with Gasteiger partial charge >= 0.3 is 0 Å². The summed E-state index contributed by atoms with van der Waals surface area (Å²) in [6.45, 7) is 1.71. The summed E-state index contributed by atoms with van der Waals surface area (Å²) in [6.07, 6.45) is 0. The van der Waals surface area contributed by atoms with E-state index in [2.05, 4.69) is 21.2 Å². The minimum Gasteiger partial charge on any atom is -0.496 e. The standard InChI is InChI=1S/C15H12BrClFNO2/c1-8-5-12(18)11(16)7-13(8)19-15(20)10-6-9(17)3-4-14(10)21-2/h3-7H,1-2H3,(H,19,20). The average molecular weight is 373 g/mol. The molecule has 0 saturated heterocycles. The number of rotatable bonds is 3. The molecule has 2 aromatic carbocycles. The van der Waals surface area contributed by atoms with Crippen molar-refractivity contribution in [3.05, 3.63) is 56.8 Å². The second kappa shape index (κ2) is 6.45. The fourth-order valence-electron chi connectivity index (χ4n) is 1.83. The largest absolute Gasteiger partial charge is 0.496 e. The maximum Gasteiger partial charge on any atom is 0.259 e. The third-order valence-electron chi connectivity index (χ3n) is 2.92. The molecule has 0 saturated carbocycles. The van der Waals surface area contributed by atoms with Crippen LogP contribution >= 0.6 is 27.5 Å². The number of hydrogen-bond acceptors (Lipinski definition) is 2. The number of methoxy groups -OCH3 is 1. The van der Waals surface area contributed by atoms with Crippen molar-refractivity contribution in [1.82, 2.24) is 0 Å². The number of benzene rings is 2. The molecule has 6 heteroatoms. The summed E-state index contributed by atoms with van der Waals surface area (Å²) in [6, 6.07) is 7.62. The van der Waals surface area contributed by atoms with E-state index in [1.807, 2.05) is 0 Å². The second-order valence-electron chi connectivity index (χ2n) is 4.38. The maximum atomic E-state index is 13.4. The molecule has 21 heavy (non-hydrogen) atoms. The highest BCUT2D eigenvalue weighted by Crippen LogP contribution is 2.27. The average Bonchev–Trinajstić information content (AvgIpc) is 2.44. The SMILES string of the molecule is COc1ccc(Cl)cc1C(=O)Nc1cc(Br)c(F)cc1C. The number of halogens is 3. The van der Waals surface area contributed by atoms with Crippen molar-refractivity contribution >= 4 is 39.1 Å². The highest BCUT2D eigenvalue weighted by Gasteiger charge is 2.15. The van der Waals surface area contributed by atoms with E-state index in [0.29, 0.717) is 27.6 Å². The van der Waals surface area contributed by atoms with Crippen molar-refractivity contribution in [2.24, 2.45) is 0 Å². The molecule has 2 aromatic rings. The molecule has 0 aliphatic rings. The second-order valence-corrected chi connectivity index (χ2v) is 5.67. The first-order valence-electron chi connectivity index (χ1n) is 6.03. The smallest absolute Gasteiger partial charge is 0.259 e. The highest BCUT2D eigenvalue weighted by molar-refractivity contribution is 9.10. The van der Waals surface area contributed by atoms with Gasteiger partial charge in [0.2, 0.25) is 0 Å². The normalized spacial score (nSPS) is 10.3. The predicted molar refractivity (Wildman–Crippen MR) is 84.8 cm³/mol. The molecule has 0 aromatic heterocycles. The molecule has 2 rings (SSSR count). The lowest BCUT2D eigenvalue weighted by Crippen LogP contribution is -2.14. The molecule has 1 amide bonds. The summed E-state index contributed by atoms with van der Waals surface area (Å²) in [7, 11) is 1.47. The van der Waals surface area contributed by atoms with E-state index in [9.17, 15) is 9.18 Å². The van der Waals surface area contributed by atoms with Gasteiger partial charge in [-0.3, -0.25) is 4.79 Å². The van der Waals surface area contributed by atoms with Crippen LogP contribution in [0, 0.1) is 12.7 Å². The molecule has 1 N–H and O–H groups in total. The van der Waals surface area contributed by atoms with Crippen LogP contribution in [0.2, 0.25) is 5.02 Å². The summed E-state index contributed by atoms with van der Waals surface area (Å²) in [5, 5.41) is 3.15. The van der Waals surface area contributed by atoms with Crippen LogP contribution in [-0.4, -0.2) is 13.0 Å². The molecule has 0 aliphatic heterocycles. The Labute approximate surface area is 135 Å². The first-order valence-corrected chi connectivity index (χ1v) is 7.20. The minimum atomic E-state index is -0.383. The van der Waals surface area contributed by atoms with Crippen LogP contribution in [0.4, 0.5) is 10.1 Å². The van der Waals surface area contributed by atoms with Gasteiger partial charge in [0.1, 0.15) is 11.6 Å². The molecule has 0 atom stereocenters. The Morgan fingerprint density at radius 3 is 2.71 bits per heavy atom. The number of carbonyl (C=O) groups excluding carboxylic acids is 1. The Balaban J connectivity index is 2.34. The number of hydrogen-bond donors (Lipinski definition) is 1. The highest BCUT2D eigenvalue weighted by atomic mass is 79.9. The van der Waals surface area contributed by atoms with Gasteiger partial charge in [-0.1, -0.05) is 11.6 Å². The van der Waals surface area contributed by atoms with Crippen LogP contribution in [0.1, 0.15) is 15.9 Å². The van der Waals surface area contributed by atoms with Crippen molar-refractivity contribution in [1.29, 1.82) is 0 Å². The molecule has 0 radical (unpaired) electrons. The Hall–Kier alpha value is -1.59. The molecule has 3 nitrogen and oxygen atoms in total. The molecular weight excluding hydrogens is 361 g/mol. The van der Waals surface area contributed by atoms with Crippen molar-refractivity contribution < 1.29 is 13.9 Å². The van der Waals surface area contributed by atoms with E-state index in [0.717, 1.165) is 0 Å². The maximum absolute atomic E-state index is 13.4. The number of nitrogens with one attached hydrogen (secondary N) is 1. The lowest BCUT2D eigenvalue weighted by Gasteiger charge is -2.12. The summed E-state index contributed by atoms with van der Waals surface area (Å²) >= 11 is 9.00. The van der Waals surface area contributed by atoms with Gasteiger partial charge in [0.05, 0.1) is 17.1 Å². The van der Waals surface area contributed by atoms with Crippen LogP contribution in [-0.2, 0) is 0 Å². The van der Waals surface area contributed by atoms with E-state index in [4.69, 9.17) is 16.3 Å². The van der Waals surface area contributed by atoms with Gasteiger partial charge in [-0.25, -0.2) is 4.39 Å². The zero-order valence-electron chi connectivity index (χ0n) is 11.3. The molecule has 0 unspecified atom stereocenters. The molecule has 0 aliphatic carbocycles. The van der Waals surface area contributed by atoms with Crippen LogP contribution in [0.25, 0.3) is 0 Å². The summed E-state index contributed by atoms with van der Waals surface area (Å²) in [4.78, 5) is 12.3. The third kappa shape index (κ3) is 3.54. The first kappa shape index (κ1) is 15.8. The van der Waals surface area contributed by atoms with E-state index >= 15 is 0 Å². The van der Waals surface area contributed by atoms with E-state index in [1.165, 1.54) is 25.3 Å². The van der Waals surface area contributed by atoms with Crippen molar-refractivity contribution in [3.8, 4) is 5.75 Å². The number of aryl methyl sites for hydroxylation is 1. The number of amides is 1. The van der Waals surface area contributed by atoms with Gasteiger partial charge in [-0.15, -0.1) is 0 Å². The van der Waals surface area contributed by atoms with Gasteiger partial charge in [0.25, 0.3) is 5.91 Å². The zero-order chi connectivity index (χ0) is 15.6. The van der Waals surface area contributed by atoms with Crippen LogP contribution in [0.15, 0.2) is 34.8 Å². The lowest BCUT2D eigenvalue weighted by atomic mass is 10.1. The fraction of sp³-hybridized carbons (Fsp3) is 0.133. The Kier molecular flexibility index (Phi) is 4.85. The fourth-order valence-corrected chi connectivity index (χ4v) is 2.34. The number of anilines is 1. The Morgan fingerprint density at radius 1 is 1.33 bits per heavy atom. The summed E-state index contributed by atoms with van der Waals surface area (Å²) in [5.74, 6) is -0.350. The molecule has 0 heterocycles. The van der Waals surface area contributed by atoms with Crippen molar-refractivity contribution in [2.45, 2.75) is 6.92 Å². The van der Waals surface area contributed by atoms with Gasteiger partial charge < -0.3 is 10.1 Å².